The molecule has 0 radical (unpaired) electrons. The molecule has 5 heteroatoms. The topological polar surface area (TPSA) is 57.4 Å². The molecule has 0 aliphatic rings. The zero-order valence-electron chi connectivity index (χ0n) is 10.6. The SMILES string of the molecule is COc1cccc(COc2ccc(F)cc2CN)n1. The van der Waals surface area contributed by atoms with Gasteiger partial charge in [0.2, 0.25) is 5.88 Å². The standard InChI is InChI=1S/C14H15FN2O2/c1-18-14-4-2-3-12(17-14)9-19-13-6-5-11(15)7-10(13)8-16/h2-7H,8-9,16H2,1H3. The van der Waals surface area contributed by atoms with E-state index in [0.717, 1.165) is 5.69 Å². The summed E-state index contributed by atoms with van der Waals surface area (Å²) in [7, 11) is 1.56. The van der Waals surface area contributed by atoms with Gasteiger partial charge in [0.15, 0.2) is 0 Å². The molecule has 2 N–H and O–H groups in total. The quantitative estimate of drug-likeness (QED) is 0.898. The number of hydrogen-bond donors (Lipinski definition) is 1. The largest absolute Gasteiger partial charge is 0.487 e. The normalized spacial score (nSPS) is 10.3. The number of pyridine rings is 1. The summed E-state index contributed by atoms with van der Waals surface area (Å²) >= 11 is 0. The number of hydrogen-bond acceptors (Lipinski definition) is 4. The molecule has 100 valence electrons. The summed E-state index contributed by atoms with van der Waals surface area (Å²) in [6.07, 6.45) is 0. The van der Waals surface area contributed by atoms with E-state index in [0.29, 0.717) is 17.2 Å². The third-order valence-corrected chi connectivity index (χ3v) is 2.61. The molecule has 0 atom stereocenters. The Morgan fingerprint density at radius 2 is 2.11 bits per heavy atom. The van der Waals surface area contributed by atoms with Crippen molar-refractivity contribution in [1.82, 2.24) is 4.98 Å². The average Bonchev–Trinajstić information content (AvgIpc) is 2.46. The zero-order valence-corrected chi connectivity index (χ0v) is 10.6. The lowest BCUT2D eigenvalue weighted by Crippen LogP contribution is -2.04. The van der Waals surface area contributed by atoms with Crippen molar-refractivity contribution in [3.63, 3.8) is 0 Å². The second kappa shape index (κ2) is 6.15. The van der Waals surface area contributed by atoms with Gasteiger partial charge in [0.05, 0.1) is 12.8 Å². The maximum absolute atomic E-state index is 13.1. The van der Waals surface area contributed by atoms with Gasteiger partial charge in [-0.25, -0.2) is 9.37 Å². The first-order valence-electron chi connectivity index (χ1n) is 5.84. The van der Waals surface area contributed by atoms with Crippen LogP contribution in [0.3, 0.4) is 0 Å². The van der Waals surface area contributed by atoms with Gasteiger partial charge in [0.1, 0.15) is 18.2 Å². The van der Waals surface area contributed by atoms with Crippen LogP contribution < -0.4 is 15.2 Å². The van der Waals surface area contributed by atoms with E-state index < -0.39 is 0 Å². The van der Waals surface area contributed by atoms with Crippen molar-refractivity contribution in [2.75, 3.05) is 7.11 Å². The molecular formula is C14H15FN2O2. The molecule has 0 saturated heterocycles. The Bertz CT molecular complexity index is 561. The third-order valence-electron chi connectivity index (χ3n) is 2.61. The highest BCUT2D eigenvalue weighted by Crippen LogP contribution is 2.20. The molecule has 2 rings (SSSR count). The molecular weight excluding hydrogens is 247 g/mol. The van der Waals surface area contributed by atoms with E-state index in [1.165, 1.54) is 12.1 Å². The van der Waals surface area contributed by atoms with Gasteiger partial charge in [0, 0.05) is 18.2 Å². The number of aromatic nitrogens is 1. The lowest BCUT2D eigenvalue weighted by molar-refractivity contribution is 0.294. The minimum atomic E-state index is -0.327. The second-order valence-corrected chi connectivity index (χ2v) is 3.92. The number of benzene rings is 1. The summed E-state index contributed by atoms with van der Waals surface area (Å²) in [5.74, 6) is 0.764. The maximum Gasteiger partial charge on any atom is 0.213 e. The number of rotatable bonds is 5. The Morgan fingerprint density at radius 3 is 2.84 bits per heavy atom. The van der Waals surface area contributed by atoms with E-state index in [9.17, 15) is 4.39 Å². The van der Waals surface area contributed by atoms with Crippen molar-refractivity contribution >= 4 is 0 Å². The number of nitrogens with zero attached hydrogens (tertiary/aromatic N) is 1. The van der Waals surface area contributed by atoms with E-state index in [2.05, 4.69) is 4.98 Å². The average molecular weight is 262 g/mol. The van der Waals surface area contributed by atoms with Crippen LogP contribution in [0.15, 0.2) is 36.4 Å². The van der Waals surface area contributed by atoms with Gasteiger partial charge in [-0.15, -0.1) is 0 Å². The Morgan fingerprint density at radius 1 is 1.26 bits per heavy atom. The van der Waals surface area contributed by atoms with E-state index in [1.54, 1.807) is 19.2 Å². The predicted molar refractivity (Wildman–Crippen MR) is 69.4 cm³/mol. The van der Waals surface area contributed by atoms with E-state index in [-0.39, 0.29) is 19.0 Å². The minimum absolute atomic E-state index is 0.221. The van der Waals surface area contributed by atoms with Gasteiger partial charge in [-0.2, -0.15) is 0 Å². The molecule has 0 saturated carbocycles. The number of ether oxygens (including phenoxy) is 2. The summed E-state index contributed by atoms with van der Waals surface area (Å²) < 4.78 is 23.7. The summed E-state index contributed by atoms with van der Waals surface area (Å²) in [6.45, 7) is 0.495. The summed E-state index contributed by atoms with van der Waals surface area (Å²) in [5, 5.41) is 0. The van der Waals surface area contributed by atoms with E-state index in [4.69, 9.17) is 15.2 Å². The van der Waals surface area contributed by atoms with Gasteiger partial charge in [-0.05, 0) is 24.3 Å². The number of halogens is 1. The fraction of sp³-hybridized carbons (Fsp3) is 0.214. The molecule has 19 heavy (non-hydrogen) atoms. The fourth-order valence-corrected chi connectivity index (χ4v) is 1.65. The highest BCUT2D eigenvalue weighted by Gasteiger charge is 2.05. The summed E-state index contributed by atoms with van der Waals surface area (Å²) in [5.41, 5.74) is 6.91. The molecule has 1 aromatic heterocycles. The monoisotopic (exact) mass is 262 g/mol. The highest BCUT2D eigenvalue weighted by molar-refractivity contribution is 5.34. The predicted octanol–water partition coefficient (Wildman–Crippen LogP) is 2.27. The number of nitrogens with two attached hydrogens (primary N) is 1. The number of methoxy groups -OCH3 is 1. The molecule has 1 aromatic carbocycles. The Labute approximate surface area is 111 Å². The van der Waals surface area contributed by atoms with Gasteiger partial charge in [-0.3, -0.25) is 0 Å². The second-order valence-electron chi connectivity index (χ2n) is 3.92. The first-order chi connectivity index (χ1) is 9.22. The van der Waals surface area contributed by atoms with Crippen LogP contribution in [0.4, 0.5) is 4.39 Å². The van der Waals surface area contributed by atoms with Crippen LogP contribution in [0.5, 0.6) is 11.6 Å². The van der Waals surface area contributed by atoms with Crippen LogP contribution in [-0.2, 0) is 13.2 Å². The fourth-order valence-electron chi connectivity index (χ4n) is 1.65. The Hall–Kier alpha value is -2.14. The van der Waals surface area contributed by atoms with Crippen molar-refractivity contribution in [3.05, 3.63) is 53.5 Å². The lowest BCUT2D eigenvalue weighted by atomic mass is 10.2. The van der Waals surface area contributed by atoms with Crippen molar-refractivity contribution < 1.29 is 13.9 Å². The molecule has 0 unspecified atom stereocenters. The van der Waals surface area contributed by atoms with Crippen LogP contribution in [0.25, 0.3) is 0 Å². The molecule has 0 aliphatic carbocycles. The van der Waals surface area contributed by atoms with Crippen molar-refractivity contribution in [2.45, 2.75) is 13.2 Å². The lowest BCUT2D eigenvalue weighted by Gasteiger charge is -2.10. The Balaban J connectivity index is 2.09. The van der Waals surface area contributed by atoms with Gasteiger partial charge < -0.3 is 15.2 Å². The van der Waals surface area contributed by atoms with E-state index >= 15 is 0 Å². The van der Waals surface area contributed by atoms with Gasteiger partial charge in [0.25, 0.3) is 0 Å². The molecule has 0 fully saturated rings. The van der Waals surface area contributed by atoms with Crippen molar-refractivity contribution in [1.29, 1.82) is 0 Å². The maximum atomic E-state index is 13.1. The van der Waals surface area contributed by atoms with Gasteiger partial charge >= 0.3 is 0 Å². The van der Waals surface area contributed by atoms with Crippen LogP contribution in [0, 0.1) is 5.82 Å². The zero-order chi connectivity index (χ0) is 13.7. The first kappa shape index (κ1) is 13.3. The minimum Gasteiger partial charge on any atom is -0.487 e. The van der Waals surface area contributed by atoms with E-state index in [1.807, 2.05) is 12.1 Å². The van der Waals surface area contributed by atoms with Crippen LogP contribution in [0.1, 0.15) is 11.3 Å². The van der Waals surface area contributed by atoms with Crippen LogP contribution in [0.2, 0.25) is 0 Å². The molecule has 0 spiro atoms. The molecule has 0 amide bonds. The van der Waals surface area contributed by atoms with Crippen LogP contribution >= 0.6 is 0 Å². The molecule has 0 aliphatic heterocycles. The van der Waals surface area contributed by atoms with Crippen molar-refractivity contribution in [2.24, 2.45) is 5.73 Å². The van der Waals surface area contributed by atoms with Crippen molar-refractivity contribution in [3.8, 4) is 11.6 Å². The molecule has 2 aromatic rings. The van der Waals surface area contributed by atoms with Gasteiger partial charge in [-0.1, -0.05) is 6.07 Å². The smallest absolute Gasteiger partial charge is 0.213 e. The molecule has 1 heterocycles. The first-order valence-corrected chi connectivity index (χ1v) is 5.84. The molecule has 0 bridgehead atoms. The summed E-state index contributed by atoms with van der Waals surface area (Å²) in [6, 6.07) is 9.69. The highest BCUT2D eigenvalue weighted by atomic mass is 19.1. The van der Waals surface area contributed by atoms with Crippen LogP contribution in [-0.4, -0.2) is 12.1 Å². The third kappa shape index (κ3) is 3.42. The summed E-state index contributed by atoms with van der Waals surface area (Å²) in [4.78, 5) is 4.23. The Kier molecular flexibility index (Phi) is 4.30. The molecule has 4 nitrogen and oxygen atoms in total.